The first-order valence-corrected chi connectivity index (χ1v) is 21.2. The number of hydrogen-bond donors (Lipinski definition) is 3. The van der Waals surface area contributed by atoms with E-state index in [1.54, 1.807) is 41.5 Å². The van der Waals surface area contributed by atoms with Gasteiger partial charge >= 0.3 is 18.2 Å². The summed E-state index contributed by atoms with van der Waals surface area (Å²) in [5.74, 6) is -1.09. The number of nitrogens with one attached hydrogen (secondary N) is 2. The molecule has 2 aromatic carbocycles. The lowest BCUT2D eigenvalue weighted by atomic mass is 9.95. The molecule has 0 bridgehead atoms. The Morgan fingerprint density at radius 3 is 2.51 bits per heavy atom. The van der Waals surface area contributed by atoms with Gasteiger partial charge in [0.05, 0.1) is 33.4 Å². The Balaban J connectivity index is 1.35. The molecule has 3 aliphatic rings. The maximum absolute atomic E-state index is 17.5. The van der Waals surface area contributed by atoms with E-state index in [1.165, 1.54) is 18.2 Å². The minimum absolute atomic E-state index is 0.0292. The molecule has 3 unspecified atom stereocenters. The Labute approximate surface area is 349 Å². The van der Waals surface area contributed by atoms with Crippen molar-refractivity contribution in [1.82, 2.24) is 25.2 Å². The number of aromatic nitrogens is 3. The summed E-state index contributed by atoms with van der Waals surface area (Å²) in [7, 11) is 0. The fraction of sp³-hybridized carbons (Fsp3) is 0.585. The van der Waals surface area contributed by atoms with Gasteiger partial charge in [0.2, 0.25) is 0 Å². The molecular formula is C41H51ClF3N7O6S. The van der Waals surface area contributed by atoms with E-state index in [9.17, 15) is 19.1 Å². The van der Waals surface area contributed by atoms with Crippen LogP contribution in [0.15, 0.2) is 18.2 Å². The van der Waals surface area contributed by atoms with Gasteiger partial charge in [-0.15, -0.1) is 0 Å². The van der Waals surface area contributed by atoms with Crippen LogP contribution in [-0.4, -0.2) is 105 Å². The molecule has 2 aliphatic heterocycles. The summed E-state index contributed by atoms with van der Waals surface area (Å²) in [5, 5.41) is 16.3. The van der Waals surface area contributed by atoms with Crippen molar-refractivity contribution in [2.75, 3.05) is 43.1 Å². The first-order valence-electron chi connectivity index (χ1n) is 20.0. The fourth-order valence-electron chi connectivity index (χ4n) is 8.32. The van der Waals surface area contributed by atoms with Crippen LogP contribution in [-0.2, 0) is 9.47 Å². The molecule has 4 heterocycles. The van der Waals surface area contributed by atoms with Crippen molar-refractivity contribution >= 4 is 67.2 Å². The molecule has 1 aliphatic carbocycles. The largest absolute Gasteiger partial charge is 0.461 e. The molecule has 3 N–H and O–H groups in total. The number of fused-ring (bicyclic) bond motifs is 3. The van der Waals surface area contributed by atoms with E-state index in [1.807, 2.05) is 11.8 Å². The van der Waals surface area contributed by atoms with Gasteiger partial charge in [0.25, 0.3) is 0 Å². The number of aliphatic hydroxyl groups excluding tert-OH is 1. The second-order valence-electron chi connectivity index (χ2n) is 17.7. The average Bonchev–Trinajstić information content (AvgIpc) is 3.42. The molecule has 18 heteroatoms. The second-order valence-corrected chi connectivity index (χ2v) is 19.1. The third kappa shape index (κ3) is 9.13. The predicted octanol–water partition coefficient (Wildman–Crippen LogP) is 8.63. The smallest absolute Gasteiger partial charge is 0.413 e. The number of ether oxygens (including phenoxy) is 3. The predicted molar refractivity (Wildman–Crippen MR) is 221 cm³/mol. The minimum Gasteiger partial charge on any atom is -0.461 e. The molecule has 0 radical (unpaired) electrons. The molecule has 4 aromatic rings. The lowest BCUT2D eigenvalue weighted by molar-refractivity contribution is 0.0519. The number of anilines is 2. The summed E-state index contributed by atoms with van der Waals surface area (Å²) in [5.41, 5.74) is -2.23. The third-order valence-corrected chi connectivity index (χ3v) is 12.2. The highest BCUT2D eigenvalue weighted by molar-refractivity contribution is 7.22. The number of benzene rings is 2. The van der Waals surface area contributed by atoms with E-state index in [2.05, 4.69) is 25.5 Å². The first kappa shape index (κ1) is 42.9. The van der Waals surface area contributed by atoms with Crippen molar-refractivity contribution in [3.05, 3.63) is 34.9 Å². The quantitative estimate of drug-likeness (QED) is 0.126. The minimum atomic E-state index is -1.01. The Bertz CT molecular complexity index is 2250. The van der Waals surface area contributed by atoms with Gasteiger partial charge in [0.15, 0.2) is 10.9 Å². The van der Waals surface area contributed by atoms with Gasteiger partial charge < -0.3 is 29.5 Å². The molecule has 13 nitrogen and oxygen atoms in total. The van der Waals surface area contributed by atoms with E-state index in [0.717, 1.165) is 43.6 Å². The van der Waals surface area contributed by atoms with Crippen LogP contribution in [0.3, 0.4) is 0 Å². The Kier molecular flexibility index (Phi) is 11.9. The van der Waals surface area contributed by atoms with Crippen molar-refractivity contribution < 1.29 is 42.1 Å². The van der Waals surface area contributed by atoms with Crippen LogP contribution in [0, 0.1) is 17.6 Å². The number of aliphatic hydroxyl groups is 1. The molecule has 7 rings (SSSR count). The molecule has 2 aromatic heterocycles. The van der Waals surface area contributed by atoms with Crippen molar-refractivity contribution in [2.24, 2.45) is 5.92 Å². The third-order valence-electron chi connectivity index (χ3n) is 10.9. The highest BCUT2D eigenvalue weighted by Crippen LogP contribution is 2.47. The Morgan fingerprint density at radius 1 is 1.10 bits per heavy atom. The summed E-state index contributed by atoms with van der Waals surface area (Å²) in [6, 6.07) is 2.98. The molecule has 59 heavy (non-hydrogen) atoms. The van der Waals surface area contributed by atoms with Crippen molar-refractivity contribution in [3.63, 3.8) is 0 Å². The summed E-state index contributed by atoms with van der Waals surface area (Å²) in [6.45, 7) is 13.0. The highest BCUT2D eigenvalue weighted by atomic mass is 35.5. The van der Waals surface area contributed by atoms with Crippen LogP contribution in [0.4, 0.5) is 33.7 Å². The van der Waals surface area contributed by atoms with Crippen molar-refractivity contribution in [3.8, 4) is 17.1 Å². The van der Waals surface area contributed by atoms with Gasteiger partial charge in [-0.3, -0.25) is 10.2 Å². The lowest BCUT2D eigenvalue weighted by Gasteiger charge is -2.34. The van der Waals surface area contributed by atoms with Gasteiger partial charge in [-0.25, -0.2) is 27.7 Å². The van der Waals surface area contributed by atoms with E-state index in [4.69, 9.17) is 30.8 Å². The summed E-state index contributed by atoms with van der Waals surface area (Å²) >= 11 is 7.85. The van der Waals surface area contributed by atoms with Crippen LogP contribution in [0.2, 0.25) is 5.02 Å². The Morgan fingerprint density at radius 2 is 1.83 bits per heavy atom. The zero-order valence-corrected chi connectivity index (χ0v) is 35.8. The summed E-state index contributed by atoms with van der Waals surface area (Å²) in [6.07, 6.45) is 0.963. The number of alkyl carbamates (subject to hydrolysis) is 1. The van der Waals surface area contributed by atoms with Crippen LogP contribution in [0.5, 0.6) is 6.01 Å². The highest BCUT2D eigenvalue weighted by Gasteiger charge is 2.50. The van der Waals surface area contributed by atoms with E-state index < -0.39 is 59.4 Å². The molecule has 0 spiro atoms. The van der Waals surface area contributed by atoms with Gasteiger partial charge in [0, 0.05) is 42.1 Å². The topological polar surface area (TPSA) is 151 Å². The first-order chi connectivity index (χ1) is 27.8. The van der Waals surface area contributed by atoms with Gasteiger partial charge in [-0.1, -0.05) is 36.3 Å². The van der Waals surface area contributed by atoms with Gasteiger partial charge in [-0.05, 0) is 91.5 Å². The number of nitrogens with zero attached hydrogens (tertiary/aromatic N) is 5. The van der Waals surface area contributed by atoms with Crippen LogP contribution in [0.25, 0.3) is 32.2 Å². The van der Waals surface area contributed by atoms with Crippen LogP contribution >= 0.6 is 22.9 Å². The fourth-order valence-corrected chi connectivity index (χ4v) is 9.49. The number of rotatable bonds is 12. The number of alkyl halides is 1. The molecule has 5 atom stereocenters. The molecular weight excluding hydrogens is 811 g/mol. The van der Waals surface area contributed by atoms with E-state index >= 15 is 8.78 Å². The molecule has 2 amide bonds. The summed E-state index contributed by atoms with van der Waals surface area (Å²) in [4.78, 5) is 43.3. The number of carbonyl (C=O) groups excluding carboxylic acids is 2. The van der Waals surface area contributed by atoms with E-state index in [-0.39, 0.29) is 85.8 Å². The van der Waals surface area contributed by atoms with Crippen LogP contribution in [0.1, 0.15) is 80.6 Å². The number of halogens is 4. The normalized spacial score (nSPS) is 22.3. The van der Waals surface area contributed by atoms with Crippen LogP contribution < -0.4 is 20.3 Å². The number of thiazole rings is 1. The van der Waals surface area contributed by atoms with Crippen molar-refractivity contribution in [2.45, 2.75) is 116 Å². The zero-order valence-electron chi connectivity index (χ0n) is 34.3. The maximum Gasteiger partial charge on any atom is 0.413 e. The molecule has 3 fully saturated rings. The molecule has 320 valence electrons. The van der Waals surface area contributed by atoms with E-state index in [0.29, 0.717) is 6.54 Å². The SMILES string of the molecule is CCC1CC1N(c1nc(OC[C@@]23CCCN2C[C@H](F)C3)nc2c(F)c(-c3ccc(F)c4sc(NC(=O)OC(C)(C)C)nc34)c(Cl)cc12)C(CO)CNC(=O)OC(C)(C)C. The summed E-state index contributed by atoms with van der Waals surface area (Å²) < 4.78 is 64.7. The molecule has 2 saturated heterocycles. The zero-order chi connectivity index (χ0) is 42.6. The maximum atomic E-state index is 17.5. The standard InChI is InChI=1S/C41H51ClF3N7O6S/c1-8-21-14-28(21)52(23(19-53)17-46-37(54)57-39(2,3)4)34-25-15-26(42)29(24-10-11-27(44)33-32(24)48-36(59-33)50-38(55)58-40(5,6)7)30(45)31(25)47-35(49-34)56-20-41-12-9-13-51(41)18-22(43)16-41/h10-11,15,21-23,28,53H,8-9,12-14,16-20H2,1-7H3,(H,46,54)(H,48,50,55)/t21?,22-,23?,28?,41+/m1/s1. The Hall–Kier alpha value is -4.19. The number of hydrogen-bond acceptors (Lipinski definition) is 12. The van der Waals surface area contributed by atoms with Crippen molar-refractivity contribution in [1.29, 1.82) is 0 Å². The number of amides is 2. The molecule has 1 saturated carbocycles. The number of carbonyl (C=O) groups is 2. The second kappa shape index (κ2) is 16.3. The van der Waals surface area contributed by atoms with Gasteiger partial charge in [-0.2, -0.15) is 9.97 Å². The average molecular weight is 862 g/mol. The van der Waals surface area contributed by atoms with Gasteiger partial charge in [0.1, 0.15) is 41.1 Å². The monoisotopic (exact) mass is 861 g/mol. The lowest BCUT2D eigenvalue weighted by Crippen LogP contribution is -2.49.